The highest BCUT2D eigenvalue weighted by atomic mass is 35.5. The Kier molecular flexibility index (Phi) is 3.77. The van der Waals surface area contributed by atoms with Crippen molar-refractivity contribution in [3.63, 3.8) is 0 Å². The fourth-order valence-electron chi connectivity index (χ4n) is 2.85. The summed E-state index contributed by atoms with van der Waals surface area (Å²) in [5.41, 5.74) is 10.9. The molecule has 1 nitrogen and oxygen atoms in total. The van der Waals surface area contributed by atoms with E-state index in [1.54, 1.807) is 12.1 Å². The van der Waals surface area contributed by atoms with E-state index in [-0.39, 0.29) is 11.1 Å². The highest BCUT2D eigenvalue weighted by molar-refractivity contribution is 6.30. The van der Waals surface area contributed by atoms with E-state index < -0.39 is 5.82 Å². The minimum atomic E-state index is -0.419. The lowest BCUT2D eigenvalue weighted by molar-refractivity contribution is 0.624. The van der Waals surface area contributed by atoms with Gasteiger partial charge in [0.15, 0.2) is 0 Å². The average molecular weight is 290 g/mol. The first-order valence-electron chi connectivity index (χ1n) is 6.97. The molecule has 0 bridgehead atoms. The van der Waals surface area contributed by atoms with Gasteiger partial charge in [-0.05, 0) is 60.1 Å². The fraction of sp³-hybridized carbons (Fsp3) is 0.294. The number of rotatable bonds is 2. The Morgan fingerprint density at radius 2 is 1.60 bits per heavy atom. The van der Waals surface area contributed by atoms with Crippen molar-refractivity contribution in [1.29, 1.82) is 0 Å². The van der Waals surface area contributed by atoms with Gasteiger partial charge >= 0.3 is 0 Å². The predicted octanol–water partition coefficient (Wildman–Crippen LogP) is 4.41. The van der Waals surface area contributed by atoms with E-state index in [4.69, 9.17) is 17.3 Å². The van der Waals surface area contributed by atoms with Gasteiger partial charge in [-0.15, -0.1) is 0 Å². The molecule has 104 valence electrons. The van der Waals surface area contributed by atoms with Gasteiger partial charge in [-0.1, -0.05) is 35.9 Å². The van der Waals surface area contributed by atoms with Crippen molar-refractivity contribution in [2.24, 2.45) is 5.73 Å². The van der Waals surface area contributed by atoms with Gasteiger partial charge in [-0.25, -0.2) is 4.39 Å². The Morgan fingerprint density at radius 1 is 0.950 bits per heavy atom. The van der Waals surface area contributed by atoms with Crippen LogP contribution in [0.1, 0.15) is 41.1 Å². The van der Waals surface area contributed by atoms with Crippen molar-refractivity contribution in [2.45, 2.75) is 31.7 Å². The highest BCUT2D eigenvalue weighted by Crippen LogP contribution is 2.28. The molecular weight excluding hydrogens is 273 g/mol. The quantitative estimate of drug-likeness (QED) is 0.871. The molecule has 0 spiro atoms. The predicted molar refractivity (Wildman–Crippen MR) is 80.5 cm³/mol. The van der Waals surface area contributed by atoms with Gasteiger partial charge in [0.2, 0.25) is 0 Å². The maximum atomic E-state index is 13.5. The van der Waals surface area contributed by atoms with Gasteiger partial charge < -0.3 is 5.73 Å². The molecular formula is C17H17ClFN. The third-order valence-corrected chi connectivity index (χ3v) is 4.34. The van der Waals surface area contributed by atoms with E-state index in [2.05, 4.69) is 18.2 Å². The molecule has 0 saturated heterocycles. The third-order valence-electron chi connectivity index (χ3n) is 4.03. The second kappa shape index (κ2) is 5.55. The zero-order valence-electron chi connectivity index (χ0n) is 11.2. The van der Waals surface area contributed by atoms with E-state index in [9.17, 15) is 4.39 Å². The first-order valence-corrected chi connectivity index (χ1v) is 7.35. The standard InChI is InChI=1S/C17H17ClFN/c18-15-8-7-14(10-16(15)19)17(20)13-6-5-11-3-1-2-4-12(11)9-13/h5-10,17H,1-4,20H2. The summed E-state index contributed by atoms with van der Waals surface area (Å²) in [7, 11) is 0. The number of aryl methyl sites for hydroxylation is 2. The van der Waals surface area contributed by atoms with Crippen LogP contribution in [0.5, 0.6) is 0 Å². The average Bonchev–Trinajstić information content (AvgIpc) is 2.49. The molecule has 1 atom stereocenters. The van der Waals surface area contributed by atoms with Crippen LogP contribution in [-0.2, 0) is 12.8 Å². The molecule has 0 aliphatic heterocycles. The van der Waals surface area contributed by atoms with Crippen LogP contribution in [0.4, 0.5) is 4.39 Å². The van der Waals surface area contributed by atoms with Gasteiger partial charge in [-0.3, -0.25) is 0 Å². The normalized spacial score (nSPS) is 15.8. The van der Waals surface area contributed by atoms with Crippen molar-refractivity contribution in [1.82, 2.24) is 0 Å². The van der Waals surface area contributed by atoms with Crippen molar-refractivity contribution < 1.29 is 4.39 Å². The molecule has 0 heterocycles. The molecule has 1 aliphatic rings. The smallest absolute Gasteiger partial charge is 0.142 e. The summed E-state index contributed by atoms with van der Waals surface area (Å²) < 4.78 is 13.5. The second-order valence-electron chi connectivity index (χ2n) is 5.39. The molecule has 0 amide bonds. The molecule has 0 fully saturated rings. The van der Waals surface area contributed by atoms with Crippen LogP contribution in [0, 0.1) is 5.82 Å². The molecule has 2 aromatic carbocycles. The van der Waals surface area contributed by atoms with Crippen molar-refractivity contribution in [2.75, 3.05) is 0 Å². The van der Waals surface area contributed by atoms with Crippen molar-refractivity contribution in [3.8, 4) is 0 Å². The molecule has 0 aromatic heterocycles. The van der Waals surface area contributed by atoms with Gasteiger partial charge in [0.05, 0.1) is 11.1 Å². The summed E-state index contributed by atoms with van der Waals surface area (Å²) in [6, 6.07) is 10.9. The summed E-state index contributed by atoms with van der Waals surface area (Å²) >= 11 is 5.71. The Morgan fingerprint density at radius 3 is 2.35 bits per heavy atom. The van der Waals surface area contributed by atoms with Crippen LogP contribution in [0.2, 0.25) is 5.02 Å². The highest BCUT2D eigenvalue weighted by Gasteiger charge is 2.15. The summed E-state index contributed by atoms with van der Waals surface area (Å²) in [5.74, 6) is -0.419. The molecule has 1 aliphatic carbocycles. The second-order valence-corrected chi connectivity index (χ2v) is 5.79. The van der Waals surface area contributed by atoms with Gasteiger partial charge in [-0.2, -0.15) is 0 Å². The third kappa shape index (κ3) is 2.58. The Bertz CT molecular complexity index is 639. The molecule has 3 heteroatoms. The zero-order chi connectivity index (χ0) is 14.1. The summed E-state index contributed by atoms with van der Waals surface area (Å²) in [6.45, 7) is 0. The van der Waals surface area contributed by atoms with Crippen LogP contribution in [-0.4, -0.2) is 0 Å². The van der Waals surface area contributed by atoms with E-state index in [0.717, 1.165) is 24.0 Å². The van der Waals surface area contributed by atoms with E-state index in [1.807, 2.05) is 0 Å². The van der Waals surface area contributed by atoms with Crippen molar-refractivity contribution >= 4 is 11.6 Å². The lowest BCUT2D eigenvalue weighted by Gasteiger charge is -2.19. The van der Waals surface area contributed by atoms with E-state index in [0.29, 0.717) is 0 Å². The Hall–Kier alpha value is -1.38. The Balaban J connectivity index is 1.93. The zero-order valence-corrected chi connectivity index (χ0v) is 12.0. The first-order chi connectivity index (χ1) is 9.65. The molecule has 0 radical (unpaired) electrons. The summed E-state index contributed by atoms with van der Waals surface area (Å²) in [6.07, 6.45) is 4.77. The number of benzene rings is 2. The number of halogens is 2. The topological polar surface area (TPSA) is 26.0 Å². The number of fused-ring (bicyclic) bond motifs is 1. The van der Waals surface area contributed by atoms with Crippen molar-refractivity contribution in [3.05, 3.63) is 69.5 Å². The fourth-order valence-corrected chi connectivity index (χ4v) is 2.96. The first kappa shape index (κ1) is 13.6. The maximum Gasteiger partial charge on any atom is 0.142 e. The van der Waals surface area contributed by atoms with E-state index >= 15 is 0 Å². The Labute approximate surface area is 123 Å². The molecule has 2 aromatic rings. The van der Waals surface area contributed by atoms with Crippen LogP contribution >= 0.6 is 11.6 Å². The molecule has 3 rings (SSSR count). The monoisotopic (exact) mass is 289 g/mol. The summed E-state index contributed by atoms with van der Waals surface area (Å²) in [4.78, 5) is 0. The van der Waals surface area contributed by atoms with E-state index in [1.165, 1.54) is 30.0 Å². The minimum absolute atomic E-state index is 0.131. The number of hydrogen-bond acceptors (Lipinski definition) is 1. The lowest BCUT2D eigenvalue weighted by atomic mass is 9.88. The van der Waals surface area contributed by atoms with Crippen LogP contribution < -0.4 is 5.73 Å². The minimum Gasteiger partial charge on any atom is -0.320 e. The molecule has 0 saturated carbocycles. The maximum absolute atomic E-state index is 13.5. The molecule has 2 N–H and O–H groups in total. The van der Waals surface area contributed by atoms with Crippen LogP contribution in [0.25, 0.3) is 0 Å². The van der Waals surface area contributed by atoms with Gasteiger partial charge in [0.1, 0.15) is 5.82 Å². The SMILES string of the molecule is NC(c1ccc(Cl)c(F)c1)c1ccc2c(c1)CCCC2. The van der Waals surface area contributed by atoms with Crippen LogP contribution in [0.3, 0.4) is 0 Å². The lowest BCUT2D eigenvalue weighted by Crippen LogP contribution is -2.13. The van der Waals surface area contributed by atoms with Gasteiger partial charge in [0, 0.05) is 0 Å². The number of hydrogen-bond donors (Lipinski definition) is 1. The summed E-state index contributed by atoms with van der Waals surface area (Å²) in [5, 5.41) is 0.131. The van der Waals surface area contributed by atoms with Crippen LogP contribution in [0.15, 0.2) is 36.4 Å². The molecule has 20 heavy (non-hydrogen) atoms. The largest absolute Gasteiger partial charge is 0.320 e. The molecule has 1 unspecified atom stereocenters. The van der Waals surface area contributed by atoms with Gasteiger partial charge in [0.25, 0.3) is 0 Å². The number of nitrogens with two attached hydrogens (primary N) is 1.